The van der Waals surface area contributed by atoms with Gasteiger partial charge in [-0.25, -0.2) is 0 Å². The molecule has 0 fully saturated rings. The van der Waals surface area contributed by atoms with Crippen molar-refractivity contribution in [3.05, 3.63) is 24.5 Å². The summed E-state index contributed by atoms with van der Waals surface area (Å²) in [4.78, 5) is 12.1. The highest BCUT2D eigenvalue weighted by Crippen LogP contribution is 2.38. The third-order valence-corrected chi connectivity index (χ3v) is 3.15. The van der Waals surface area contributed by atoms with E-state index in [2.05, 4.69) is 34.7 Å². The molecule has 0 spiro atoms. The summed E-state index contributed by atoms with van der Waals surface area (Å²) >= 11 is 0. The molecule has 0 unspecified atom stereocenters. The van der Waals surface area contributed by atoms with E-state index in [1.54, 1.807) is 0 Å². The lowest BCUT2D eigenvalue weighted by Crippen LogP contribution is -2.47. The van der Waals surface area contributed by atoms with Crippen LogP contribution in [0.15, 0.2) is 24.5 Å². The Hall–Kier alpha value is -3.28. The largest absolute Gasteiger partial charge is 0.440 e. The number of nitrogens with one attached hydrogen (secondary N) is 1. The van der Waals surface area contributed by atoms with Gasteiger partial charge >= 0.3 is 36.7 Å². The first-order valence-corrected chi connectivity index (χ1v) is 7.90. The van der Waals surface area contributed by atoms with Crippen molar-refractivity contribution in [1.82, 2.24) is 19.9 Å². The van der Waals surface area contributed by atoms with Gasteiger partial charge in [-0.1, -0.05) is 0 Å². The summed E-state index contributed by atoms with van der Waals surface area (Å²) in [5.41, 5.74) is -0.119. The van der Waals surface area contributed by atoms with E-state index in [9.17, 15) is 52.7 Å². The molecule has 19 heteroatoms. The second-order valence-corrected chi connectivity index (χ2v) is 5.75. The average Bonchev–Trinajstić information content (AvgIpc) is 2.61. The standard InChI is InChI=1S/C14H7F12N5O2/c15-11(16,17)6(12(18,19)20)32-9-29-8(28-5-2-1-3-27-4-5)30-10(31-9)33-7(13(21,22)23)14(24,25)26/h1-4,6-7H,(H,28,29,30,31). The number of alkyl halides is 12. The molecule has 2 heterocycles. The van der Waals surface area contributed by atoms with Crippen molar-refractivity contribution >= 4 is 11.6 Å². The highest BCUT2D eigenvalue weighted by molar-refractivity contribution is 5.51. The topological polar surface area (TPSA) is 82.0 Å². The Labute approximate surface area is 173 Å². The molecule has 7 nitrogen and oxygen atoms in total. The lowest BCUT2D eigenvalue weighted by Gasteiger charge is -2.24. The predicted molar refractivity (Wildman–Crippen MR) is 80.4 cm³/mol. The first kappa shape index (κ1) is 26.0. The van der Waals surface area contributed by atoms with Gasteiger partial charge in [-0.3, -0.25) is 4.98 Å². The molecular formula is C14H7F12N5O2. The molecule has 0 aliphatic carbocycles. The van der Waals surface area contributed by atoms with Gasteiger partial charge in [-0.2, -0.15) is 62.7 Å². The summed E-state index contributed by atoms with van der Waals surface area (Å²) < 4.78 is 160. The van der Waals surface area contributed by atoms with E-state index in [-0.39, 0.29) is 5.69 Å². The van der Waals surface area contributed by atoms with E-state index in [4.69, 9.17) is 0 Å². The summed E-state index contributed by atoms with van der Waals surface area (Å²) in [6.07, 6.45) is -31.4. The third kappa shape index (κ3) is 7.38. The Morgan fingerprint density at radius 2 is 1.09 bits per heavy atom. The maximum atomic E-state index is 12.7. The SMILES string of the molecule is FC(F)(F)C(Oc1nc(Nc2cccnc2)nc(OC(C(F)(F)F)C(F)(F)F)n1)C(F)(F)F. The van der Waals surface area contributed by atoms with Crippen LogP contribution in [0.1, 0.15) is 0 Å². The fraction of sp³-hybridized carbons (Fsp3) is 0.429. The zero-order valence-electron chi connectivity index (χ0n) is 15.1. The molecule has 2 aromatic rings. The summed E-state index contributed by atoms with van der Waals surface area (Å²) in [6, 6.07) is -1.44. The number of nitrogens with zero attached hydrogens (tertiary/aromatic N) is 4. The van der Waals surface area contributed by atoms with Crippen LogP contribution in [0.4, 0.5) is 64.3 Å². The quantitative estimate of drug-likeness (QED) is 0.568. The first-order chi connectivity index (χ1) is 14.9. The van der Waals surface area contributed by atoms with Crippen molar-refractivity contribution in [3.63, 3.8) is 0 Å². The number of halogens is 12. The van der Waals surface area contributed by atoms with Crippen LogP contribution in [0.5, 0.6) is 12.0 Å². The zero-order chi connectivity index (χ0) is 25.2. The number of ether oxygens (including phenoxy) is 2. The maximum absolute atomic E-state index is 12.7. The van der Waals surface area contributed by atoms with Gasteiger partial charge in [0.1, 0.15) is 0 Å². The average molecular weight is 505 g/mol. The van der Waals surface area contributed by atoms with Gasteiger partial charge in [-0.05, 0) is 12.1 Å². The molecule has 33 heavy (non-hydrogen) atoms. The number of aromatic nitrogens is 4. The number of hydrogen-bond acceptors (Lipinski definition) is 7. The molecule has 0 aliphatic rings. The van der Waals surface area contributed by atoms with E-state index >= 15 is 0 Å². The first-order valence-electron chi connectivity index (χ1n) is 7.90. The van der Waals surface area contributed by atoms with Gasteiger partial charge < -0.3 is 14.8 Å². The van der Waals surface area contributed by atoms with E-state index in [0.717, 1.165) is 6.20 Å². The number of pyridine rings is 1. The van der Waals surface area contributed by atoms with Crippen molar-refractivity contribution in [3.8, 4) is 12.0 Å². The normalized spacial score (nSPS) is 13.4. The number of rotatable bonds is 6. The molecule has 1 N–H and O–H groups in total. The van der Waals surface area contributed by atoms with E-state index in [1.165, 1.54) is 18.3 Å². The Morgan fingerprint density at radius 3 is 1.42 bits per heavy atom. The van der Waals surface area contributed by atoms with E-state index in [0.29, 0.717) is 0 Å². The molecule has 0 amide bonds. The van der Waals surface area contributed by atoms with Gasteiger partial charge in [0.15, 0.2) is 0 Å². The van der Waals surface area contributed by atoms with Crippen molar-refractivity contribution in [2.45, 2.75) is 36.9 Å². The molecule has 0 saturated heterocycles. The molecule has 0 saturated carbocycles. The van der Waals surface area contributed by atoms with E-state index < -0.39 is 54.9 Å². The van der Waals surface area contributed by atoms with Crippen molar-refractivity contribution in [2.75, 3.05) is 5.32 Å². The molecule has 2 aromatic heterocycles. The highest BCUT2D eigenvalue weighted by Gasteiger charge is 2.61. The van der Waals surface area contributed by atoms with Gasteiger partial charge in [0.05, 0.1) is 11.9 Å². The Morgan fingerprint density at radius 1 is 0.667 bits per heavy atom. The minimum Gasteiger partial charge on any atom is -0.440 e. The summed E-state index contributed by atoms with van der Waals surface area (Å²) in [6.45, 7) is 0. The Kier molecular flexibility index (Phi) is 7.03. The zero-order valence-corrected chi connectivity index (χ0v) is 15.1. The lowest BCUT2D eigenvalue weighted by atomic mass is 10.3. The van der Waals surface area contributed by atoms with Crippen LogP contribution in [-0.4, -0.2) is 56.8 Å². The monoisotopic (exact) mass is 505 g/mol. The van der Waals surface area contributed by atoms with Gasteiger partial charge in [0.25, 0.3) is 12.2 Å². The summed E-state index contributed by atoms with van der Waals surface area (Å²) in [7, 11) is 0. The summed E-state index contributed by atoms with van der Waals surface area (Å²) in [5.74, 6) is -1.12. The van der Waals surface area contributed by atoms with Gasteiger partial charge in [0.2, 0.25) is 5.95 Å². The molecule has 184 valence electrons. The Bertz CT molecular complexity index is 849. The minimum atomic E-state index is -6.11. The van der Waals surface area contributed by atoms with Gasteiger partial charge in [0, 0.05) is 6.20 Å². The minimum absolute atomic E-state index is 0.119. The second kappa shape index (κ2) is 8.93. The fourth-order valence-corrected chi connectivity index (χ4v) is 1.91. The molecule has 0 aromatic carbocycles. The summed E-state index contributed by atoms with van der Waals surface area (Å²) in [5, 5.41) is 2.08. The fourth-order valence-electron chi connectivity index (χ4n) is 1.91. The molecule has 0 atom stereocenters. The number of hydrogen-bond donors (Lipinski definition) is 1. The smallest absolute Gasteiger partial charge is 0.434 e. The van der Waals surface area contributed by atoms with Crippen molar-refractivity contribution < 1.29 is 62.2 Å². The molecular weight excluding hydrogens is 498 g/mol. The van der Waals surface area contributed by atoms with Crippen molar-refractivity contribution in [2.24, 2.45) is 0 Å². The molecule has 0 radical (unpaired) electrons. The van der Waals surface area contributed by atoms with Crippen LogP contribution >= 0.6 is 0 Å². The maximum Gasteiger partial charge on any atom is 0.434 e. The molecule has 0 aliphatic heterocycles. The van der Waals surface area contributed by atoms with Gasteiger partial charge in [-0.15, -0.1) is 4.98 Å². The van der Waals surface area contributed by atoms with Crippen molar-refractivity contribution in [1.29, 1.82) is 0 Å². The molecule has 0 bridgehead atoms. The highest BCUT2D eigenvalue weighted by atomic mass is 19.4. The third-order valence-electron chi connectivity index (χ3n) is 3.15. The second-order valence-electron chi connectivity index (χ2n) is 5.75. The van der Waals surface area contributed by atoms with Crippen LogP contribution in [-0.2, 0) is 0 Å². The van der Waals surface area contributed by atoms with Crippen LogP contribution in [0.3, 0.4) is 0 Å². The van der Waals surface area contributed by atoms with Crippen LogP contribution < -0.4 is 14.8 Å². The van der Waals surface area contributed by atoms with Crippen LogP contribution in [0.25, 0.3) is 0 Å². The van der Waals surface area contributed by atoms with E-state index in [1.807, 2.05) is 0 Å². The van der Waals surface area contributed by atoms with Crippen LogP contribution in [0, 0.1) is 0 Å². The van der Waals surface area contributed by atoms with Crippen LogP contribution in [0.2, 0.25) is 0 Å². The number of anilines is 2. The molecule has 2 rings (SSSR count). The predicted octanol–water partition coefficient (Wildman–Crippen LogP) is 4.75. The lowest BCUT2D eigenvalue weighted by molar-refractivity contribution is -0.302. The Balaban J connectivity index is 2.52.